The van der Waals surface area contributed by atoms with E-state index in [0.717, 1.165) is 34.7 Å². The first-order valence-electron chi connectivity index (χ1n) is 9.34. The lowest BCUT2D eigenvalue weighted by Crippen LogP contribution is -2.28. The van der Waals surface area contributed by atoms with Gasteiger partial charge in [-0.1, -0.05) is 12.1 Å². The van der Waals surface area contributed by atoms with Crippen molar-refractivity contribution in [2.75, 3.05) is 11.9 Å². The molecule has 2 heterocycles. The number of fused-ring (bicyclic) bond motifs is 2. The molecule has 1 aliphatic heterocycles. The molecule has 6 nitrogen and oxygen atoms in total. The Morgan fingerprint density at radius 3 is 2.96 bits per heavy atom. The zero-order valence-corrected chi connectivity index (χ0v) is 16.7. The average Bonchev–Trinajstić information content (AvgIpc) is 3.01. The second-order valence-electron chi connectivity index (χ2n) is 6.87. The number of thioether (sulfide) groups is 1. The molecular weight excluding hydrogens is 372 g/mol. The van der Waals surface area contributed by atoms with Crippen LogP contribution in [0, 0.1) is 6.92 Å². The zero-order valence-electron chi connectivity index (χ0n) is 15.9. The van der Waals surface area contributed by atoms with Gasteiger partial charge in [-0.2, -0.15) is 0 Å². The highest BCUT2D eigenvalue weighted by Gasteiger charge is 2.23. The summed E-state index contributed by atoms with van der Waals surface area (Å²) in [5.74, 6) is 0.815. The summed E-state index contributed by atoms with van der Waals surface area (Å²) in [5.41, 5.74) is 3.37. The van der Waals surface area contributed by atoms with Gasteiger partial charge in [0, 0.05) is 23.5 Å². The Hall–Kier alpha value is -2.80. The van der Waals surface area contributed by atoms with Crippen molar-refractivity contribution in [2.24, 2.45) is 0 Å². The third kappa shape index (κ3) is 3.62. The van der Waals surface area contributed by atoms with E-state index >= 15 is 0 Å². The Balaban J connectivity index is 1.35. The van der Waals surface area contributed by atoms with Gasteiger partial charge in [0.05, 0.1) is 22.0 Å². The summed E-state index contributed by atoms with van der Waals surface area (Å²) in [5, 5.41) is 5.71. The molecule has 28 heavy (non-hydrogen) atoms. The number of imidazole rings is 1. The molecule has 2 N–H and O–H groups in total. The highest BCUT2D eigenvalue weighted by molar-refractivity contribution is 8.00. The van der Waals surface area contributed by atoms with Crippen molar-refractivity contribution < 1.29 is 9.59 Å². The number of aromatic nitrogens is 2. The van der Waals surface area contributed by atoms with E-state index in [-0.39, 0.29) is 17.1 Å². The summed E-state index contributed by atoms with van der Waals surface area (Å²) in [6.07, 6.45) is 0.808. The maximum atomic E-state index is 12.5. The van der Waals surface area contributed by atoms with E-state index in [9.17, 15) is 9.59 Å². The SMILES string of the molecule is Cc1nc2ccccc2n1CCCNC(=O)c1ccc2c(c1)NC(=O)[C@H](C)S2. The molecule has 7 heteroatoms. The third-order valence-corrected chi connectivity index (χ3v) is 6.04. The van der Waals surface area contributed by atoms with Crippen LogP contribution in [0.15, 0.2) is 47.4 Å². The lowest BCUT2D eigenvalue weighted by Gasteiger charge is -2.21. The van der Waals surface area contributed by atoms with Crippen LogP contribution in [0.1, 0.15) is 29.5 Å². The maximum absolute atomic E-state index is 12.5. The summed E-state index contributed by atoms with van der Waals surface area (Å²) < 4.78 is 2.17. The number of hydrogen-bond acceptors (Lipinski definition) is 4. The number of aryl methyl sites for hydroxylation is 2. The van der Waals surface area contributed by atoms with Gasteiger partial charge in [-0.15, -0.1) is 11.8 Å². The van der Waals surface area contributed by atoms with Crippen molar-refractivity contribution in [3.8, 4) is 0 Å². The number of anilines is 1. The topological polar surface area (TPSA) is 76.0 Å². The Kier molecular flexibility index (Phi) is 5.09. The van der Waals surface area contributed by atoms with Crippen LogP contribution in [0.2, 0.25) is 0 Å². The van der Waals surface area contributed by atoms with Crippen molar-refractivity contribution in [2.45, 2.75) is 37.0 Å². The molecule has 4 rings (SSSR count). The van der Waals surface area contributed by atoms with Gasteiger partial charge >= 0.3 is 0 Å². The Morgan fingerprint density at radius 2 is 2.11 bits per heavy atom. The average molecular weight is 395 g/mol. The van der Waals surface area contributed by atoms with Crippen LogP contribution in [-0.2, 0) is 11.3 Å². The first-order chi connectivity index (χ1) is 13.5. The predicted octanol–water partition coefficient (Wildman–Crippen LogP) is 3.60. The minimum Gasteiger partial charge on any atom is -0.352 e. The Morgan fingerprint density at radius 1 is 1.29 bits per heavy atom. The molecule has 0 saturated carbocycles. The fourth-order valence-electron chi connectivity index (χ4n) is 3.37. The van der Waals surface area contributed by atoms with Crippen molar-refractivity contribution >= 4 is 40.3 Å². The molecule has 3 aromatic rings. The standard InChI is InChI=1S/C21H22N4O2S/c1-13-20(26)24-17-12-15(8-9-19(17)28-13)21(27)22-10-5-11-25-14(2)23-16-6-3-4-7-18(16)25/h3-4,6-9,12-13H,5,10-11H2,1-2H3,(H,22,27)(H,24,26)/t13-/m0/s1. The molecule has 1 atom stereocenters. The number of nitrogens with zero attached hydrogens (tertiary/aromatic N) is 2. The van der Waals surface area contributed by atoms with Gasteiger partial charge in [0.2, 0.25) is 5.91 Å². The molecule has 0 saturated heterocycles. The number of rotatable bonds is 5. The van der Waals surface area contributed by atoms with Gasteiger partial charge in [0.25, 0.3) is 5.91 Å². The van der Waals surface area contributed by atoms with Gasteiger partial charge in [0.15, 0.2) is 0 Å². The van der Waals surface area contributed by atoms with Gasteiger partial charge < -0.3 is 15.2 Å². The Labute approximate surface area is 167 Å². The molecule has 0 bridgehead atoms. The van der Waals surface area contributed by atoms with E-state index in [0.29, 0.717) is 17.8 Å². The van der Waals surface area contributed by atoms with Crippen molar-refractivity contribution in [1.82, 2.24) is 14.9 Å². The largest absolute Gasteiger partial charge is 0.352 e. The van der Waals surface area contributed by atoms with Gasteiger partial charge in [-0.3, -0.25) is 9.59 Å². The molecular formula is C21H22N4O2S. The molecule has 144 valence electrons. The van der Waals surface area contributed by atoms with E-state index in [1.54, 1.807) is 12.1 Å². The normalized spacial score (nSPS) is 15.9. The number of para-hydroxylation sites is 2. The summed E-state index contributed by atoms with van der Waals surface area (Å²) in [6, 6.07) is 13.5. The molecule has 0 radical (unpaired) electrons. The fraction of sp³-hybridized carbons (Fsp3) is 0.286. The van der Waals surface area contributed by atoms with Crippen molar-refractivity contribution in [3.63, 3.8) is 0 Å². The molecule has 0 spiro atoms. The molecule has 2 aromatic carbocycles. The molecule has 0 unspecified atom stereocenters. The second-order valence-corrected chi connectivity index (χ2v) is 8.25. The summed E-state index contributed by atoms with van der Waals surface area (Å²) >= 11 is 1.51. The summed E-state index contributed by atoms with van der Waals surface area (Å²) in [6.45, 7) is 5.23. The maximum Gasteiger partial charge on any atom is 0.251 e. The first kappa shape index (κ1) is 18.6. The monoisotopic (exact) mass is 394 g/mol. The number of carbonyl (C=O) groups excluding carboxylic acids is 2. The summed E-state index contributed by atoms with van der Waals surface area (Å²) in [4.78, 5) is 29.9. The number of benzene rings is 2. The molecule has 1 aliphatic rings. The van der Waals surface area contributed by atoms with Crippen LogP contribution in [0.25, 0.3) is 11.0 Å². The van der Waals surface area contributed by atoms with E-state index in [1.807, 2.05) is 38.1 Å². The van der Waals surface area contributed by atoms with E-state index < -0.39 is 0 Å². The quantitative estimate of drug-likeness (QED) is 0.649. The molecule has 0 fully saturated rings. The van der Waals surface area contributed by atoms with Crippen LogP contribution in [0.5, 0.6) is 0 Å². The molecule has 1 aromatic heterocycles. The smallest absolute Gasteiger partial charge is 0.251 e. The highest BCUT2D eigenvalue weighted by Crippen LogP contribution is 2.35. The molecule has 2 amide bonds. The van der Waals surface area contributed by atoms with Gasteiger partial charge in [0.1, 0.15) is 5.82 Å². The number of carbonyl (C=O) groups is 2. The minimum atomic E-state index is -0.132. The lowest BCUT2D eigenvalue weighted by atomic mass is 10.1. The van der Waals surface area contributed by atoms with Crippen molar-refractivity contribution in [3.05, 3.63) is 53.9 Å². The minimum absolute atomic E-state index is 0.0296. The van der Waals surface area contributed by atoms with Crippen LogP contribution in [0.3, 0.4) is 0 Å². The van der Waals surface area contributed by atoms with E-state index in [4.69, 9.17) is 0 Å². The van der Waals surface area contributed by atoms with Crippen LogP contribution in [0.4, 0.5) is 5.69 Å². The lowest BCUT2D eigenvalue weighted by molar-refractivity contribution is -0.115. The number of hydrogen-bond donors (Lipinski definition) is 2. The van der Waals surface area contributed by atoms with Crippen molar-refractivity contribution in [1.29, 1.82) is 0 Å². The first-order valence-corrected chi connectivity index (χ1v) is 10.2. The highest BCUT2D eigenvalue weighted by atomic mass is 32.2. The zero-order chi connectivity index (χ0) is 19.7. The molecule has 0 aliphatic carbocycles. The van der Waals surface area contributed by atoms with Crippen LogP contribution < -0.4 is 10.6 Å². The second kappa shape index (κ2) is 7.67. The van der Waals surface area contributed by atoms with E-state index in [2.05, 4.69) is 26.3 Å². The Bertz CT molecular complexity index is 1060. The van der Waals surface area contributed by atoms with Gasteiger partial charge in [-0.05, 0) is 50.6 Å². The van der Waals surface area contributed by atoms with Crippen LogP contribution >= 0.6 is 11.8 Å². The van der Waals surface area contributed by atoms with E-state index in [1.165, 1.54) is 11.8 Å². The number of nitrogens with one attached hydrogen (secondary N) is 2. The number of amides is 2. The fourth-order valence-corrected chi connectivity index (χ4v) is 4.30. The predicted molar refractivity (Wildman–Crippen MR) is 112 cm³/mol. The van der Waals surface area contributed by atoms with Gasteiger partial charge in [-0.25, -0.2) is 4.98 Å². The third-order valence-electron chi connectivity index (χ3n) is 4.86. The summed E-state index contributed by atoms with van der Waals surface area (Å²) in [7, 11) is 0. The van der Waals surface area contributed by atoms with Crippen LogP contribution in [-0.4, -0.2) is 33.2 Å².